The average Bonchev–Trinajstić information content (AvgIpc) is 2.89. The maximum atomic E-state index is 12.7. The lowest BCUT2D eigenvalue weighted by atomic mass is 10.2. The Kier molecular flexibility index (Phi) is 7.28. The zero-order valence-corrected chi connectivity index (χ0v) is 19.5. The van der Waals surface area contributed by atoms with Gasteiger partial charge >= 0.3 is 0 Å². The van der Waals surface area contributed by atoms with E-state index in [9.17, 15) is 22.6 Å². The molecule has 0 spiro atoms. The van der Waals surface area contributed by atoms with Crippen molar-refractivity contribution in [3.63, 3.8) is 0 Å². The molecule has 4 aromatic carbocycles. The van der Waals surface area contributed by atoms with Crippen molar-refractivity contribution in [3.05, 3.63) is 114 Å². The van der Waals surface area contributed by atoms with Crippen molar-refractivity contribution in [1.29, 1.82) is 0 Å². The number of azo groups is 1. The number of carbonyl (C=O) groups excluding carboxylic acids is 2. The predicted molar refractivity (Wildman–Crippen MR) is 136 cm³/mol. The second kappa shape index (κ2) is 10.7. The first-order valence-corrected chi connectivity index (χ1v) is 12.1. The molecular weight excluding hydrogens is 480 g/mol. The Hall–Kier alpha value is -4.67. The SMILES string of the molecule is O=C(Nc1ccccc1N=Nc1ccc(S(=O)(=O)O)cc1NC(=O)c1ccccc1)c1ccccc1. The summed E-state index contributed by atoms with van der Waals surface area (Å²) >= 11 is 0. The fourth-order valence-corrected chi connectivity index (χ4v) is 3.71. The van der Waals surface area contributed by atoms with E-state index in [2.05, 4.69) is 20.9 Å². The Morgan fingerprint density at radius 3 is 1.64 bits per heavy atom. The molecule has 0 atom stereocenters. The highest BCUT2D eigenvalue weighted by molar-refractivity contribution is 7.85. The van der Waals surface area contributed by atoms with Gasteiger partial charge in [-0.15, -0.1) is 10.2 Å². The molecule has 0 aliphatic heterocycles. The van der Waals surface area contributed by atoms with Crippen LogP contribution in [0.15, 0.2) is 118 Å². The highest BCUT2D eigenvalue weighted by Gasteiger charge is 2.16. The summed E-state index contributed by atoms with van der Waals surface area (Å²) in [6.45, 7) is 0. The molecule has 36 heavy (non-hydrogen) atoms. The van der Waals surface area contributed by atoms with Crippen molar-refractivity contribution in [2.45, 2.75) is 4.90 Å². The Bertz CT molecular complexity index is 1540. The minimum Gasteiger partial charge on any atom is -0.320 e. The number of hydrogen-bond donors (Lipinski definition) is 3. The van der Waals surface area contributed by atoms with E-state index >= 15 is 0 Å². The standard InChI is InChI=1S/C26H20N4O5S/c31-25(18-9-3-1-4-10-18)27-21-13-7-8-14-22(21)29-30-23-16-15-20(36(33,34)35)17-24(23)28-26(32)19-11-5-2-6-12-19/h1-17H,(H,27,31)(H,28,32)(H,33,34,35). The molecule has 0 bridgehead atoms. The molecule has 10 heteroatoms. The largest absolute Gasteiger partial charge is 0.320 e. The molecule has 0 radical (unpaired) electrons. The van der Waals surface area contributed by atoms with Gasteiger partial charge in [0, 0.05) is 11.1 Å². The van der Waals surface area contributed by atoms with E-state index < -0.39 is 20.9 Å². The molecule has 4 rings (SSSR count). The van der Waals surface area contributed by atoms with E-state index in [1.54, 1.807) is 84.9 Å². The normalized spacial score (nSPS) is 11.2. The van der Waals surface area contributed by atoms with Gasteiger partial charge in [-0.25, -0.2) is 0 Å². The molecule has 0 unspecified atom stereocenters. The number of rotatable bonds is 7. The fraction of sp³-hybridized carbons (Fsp3) is 0. The second-order valence-corrected chi connectivity index (χ2v) is 8.93. The number of hydrogen-bond acceptors (Lipinski definition) is 6. The number of anilines is 2. The summed E-state index contributed by atoms with van der Waals surface area (Å²) in [6.07, 6.45) is 0. The first-order chi connectivity index (χ1) is 17.3. The van der Waals surface area contributed by atoms with E-state index in [-0.39, 0.29) is 17.3 Å². The van der Waals surface area contributed by atoms with Gasteiger partial charge in [0.2, 0.25) is 0 Å². The molecular formula is C26H20N4O5S. The smallest absolute Gasteiger partial charge is 0.294 e. The van der Waals surface area contributed by atoms with Crippen molar-refractivity contribution in [2.24, 2.45) is 10.2 Å². The molecule has 4 aromatic rings. The zero-order chi connectivity index (χ0) is 25.5. The van der Waals surface area contributed by atoms with Gasteiger partial charge in [-0.05, 0) is 54.6 Å². The van der Waals surface area contributed by atoms with Crippen molar-refractivity contribution in [1.82, 2.24) is 0 Å². The van der Waals surface area contributed by atoms with E-state index in [0.29, 0.717) is 22.5 Å². The van der Waals surface area contributed by atoms with Crippen LogP contribution in [0.1, 0.15) is 20.7 Å². The molecule has 0 saturated carbocycles. The van der Waals surface area contributed by atoms with Crippen LogP contribution < -0.4 is 10.6 Å². The third-order valence-corrected chi connectivity index (χ3v) is 5.85. The average molecular weight is 501 g/mol. The molecule has 0 aromatic heterocycles. The third-order valence-electron chi connectivity index (χ3n) is 5.00. The topological polar surface area (TPSA) is 137 Å². The maximum Gasteiger partial charge on any atom is 0.294 e. The van der Waals surface area contributed by atoms with Gasteiger partial charge in [0.15, 0.2) is 0 Å². The molecule has 0 aliphatic carbocycles. The molecule has 0 fully saturated rings. The van der Waals surface area contributed by atoms with Crippen LogP contribution in [0.5, 0.6) is 0 Å². The number of amides is 2. The van der Waals surface area contributed by atoms with Gasteiger partial charge in [-0.2, -0.15) is 8.42 Å². The lowest BCUT2D eigenvalue weighted by molar-refractivity contribution is 0.101. The van der Waals surface area contributed by atoms with E-state index in [4.69, 9.17) is 0 Å². The van der Waals surface area contributed by atoms with Gasteiger partial charge in [0.1, 0.15) is 11.4 Å². The number of nitrogens with zero attached hydrogens (tertiary/aromatic N) is 2. The van der Waals surface area contributed by atoms with Crippen LogP contribution in [-0.4, -0.2) is 24.8 Å². The summed E-state index contributed by atoms with van der Waals surface area (Å²) in [5.41, 5.74) is 1.70. The maximum absolute atomic E-state index is 12.7. The Labute approximate surface area is 207 Å². The van der Waals surface area contributed by atoms with Crippen molar-refractivity contribution in [3.8, 4) is 0 Å². The summed E-state index contributed by atoms with van der Waals surface area (Å²) in [5.74, 6) is -0.832. The monoisotopic (exact) mass is 500 g/mol. The second-order valence-electron chi connectivity index (χ2n) is 7.51. The minimum absolute atomic E-state index is 0.0218. The summed E-state index contributed by atoms with van der Waals surface area (Å²) in [7, 11) is -4.53. The predicted octanol–water partition coefficient (Wildman–Crippen LogP) is 5.85. The quantitative estimate of drug-likeness (QED) is 0.216. The van der Waals surface area contributed by atoms with E-state index in [1.807, 2.05) is 0 Å². The zero-order valence-electron chi connectivity index (χ0n) is 18.7. The Morgan fingerprint density at radius 2 is 1.08 bits per heavy atom. The molecule has 0 aliphatic rings. The molecule has 0 saturated heterocycles. The molecule has 180 valence electrons. The molecule has 0 heterocycles. The first kappa shape index (κ1) is 24.5. The van der Waals surface area contributed by atoms with Crippen LogP contribution in [0.3, 0.4) is 0 Å². The number of para-hydroxylation sites is 1. The van der Waals surface area contributed by atoms with E-state index in [0.717, 1.165) is 12.1 Å². The summed E-state index contributed by atoms with van der Waals surface area (Å²) in [5, 5.41) is 13.8. The molecule has 9 nitrogen and oxygen atoms in total. The third kappa shape index (κ3) is 6.06. The number of benzene rings is 4. The molecule has 2 amide bonds. The Balaban J connectivity index is 1.65. The van der Waals surface area contributed by atoms with Crippen LogP contribution in [0.25, 0.3) is 0 Å². The van der Waals surface area contributed by atoms with Crippen LogP contribution in [0, 0.1) is 0 Å². The van der Waals surface area contributed by atoms with Gasteiger partial charge in [0.05, 0.1) is 16.3 Å². The summed E-state index contributed by atoms with van der Waals surface area (Å²) in [4.78, 5) is 24.8. The summed E-state index contributed by atoms with van der Waals surface area (Å²) < 4.78 is 32.7. The van der Waals surface area contributed by atoms with Gasteiger partial charge in [0.25, 0.3) is 21.9 Å². The van der Waals surface area contributed by atoms with Gasteiger partial charge < -0.3 is 10.6 Å². The van der Waals surface area contributed by atoms with Crippen molar-refractivity contribution < 1.29 is 22.6 Å². The number of carbonyl (C=O) groups is 2. The van der Waals surface area contributed by atoms with Gasteiger partial charge in [-0.1, -0.05) is 48.5 Å². The number of nitrogens with one attached hydrogen (secondary N) is 2. The van der Waals surface area contributed by atoms with Crippen LogP contribution in [0.4, 0.5) is 22.7 Å². The minimum atomic E-state index is -4.53. The van der Waals surface area contributed by atoms with Crippen LogP contribution >= 0.6 is 0 Å². The van der Waals surface area contributed by atoms with Crippen molar-refractivity contribution in [2.75, 3.05) is 10.6 Å². The van der Waals surface area contributed by atoms with Crippen LogP contribution in [-0.2, 0) is 10.1 Å². The highest BCUT2D eigenvalue weighted by Crippen LogP contribution is 2.32. The Morgan fingerprint density at radius 1 is 0.611 bits per heavy atom. The van der Waals surface area contributed by atoms with Crippen molar-refractivity contribution >= 4 is 44.7 Å². The fourth-order valence-electron chi connectivity index (χ4n) is 3.21. The van der Waals surface area contributed by atoms with Gasteiger partial charge in [-0.3, -0.25) is 14.1 Å². The van der Waals surface area contributed by atoms with E-state index in [1.165, 1.54) is 6.07 Å². The first-order valence-electron chi connectivity index (χ1n) is 10.7. The summed E-state index contributed by atoms with van der Waals surface area (Å²) in [6, 6.07) is 27.3. The molecule has 3 N–H and O–H groups in total. The lowest BCUT2D eigenvalue weighted by Gasteiger charge is -2.10. The van der Waals surface area contributed by atoms with Crippen LogP contribution in [0.2, 0.25) is 0 Å². The lowest BCUT2D eigenvalue weighted by Crippen LogP contribution is -2.12. The highest BCUT2D eigenvalue weighted by atomic mass is 32.2.